The minimum atomic E-state index is -0.510. The third-order valence-electron chi connectivity index (χ3n) is 8.64. The highest BCUT2D eigenvalue weighted by molar-refractivity contribution is 6.06. The number of benzene rings is 4. The van der Waals surface area contributed by atoms with Crippen LogP contribution in [-0.2, 0) is 11.2 Å². The molecule has 0 spiro atoms. The zero-order chi connectivity index (χ0) is 33.8. The van der Waals surface area contributed by atoms with Crippen molar-refractivity contribution in [1.82, 2.24) is 9.80 Å². The van der Waals surface area contributed by atoms with E-state index < -0.39 is 18.2 Å². The number of carbonyl (C=O) groups is 3. The molecule has 4 aromatic carbocycles. The van der Waals surface area contributed by atoms with Gasteiger partial charge in [-0.25, -0.2) is 9.59 Å². The fourth-order valence-electron chi connectivity index (χ4n) is 5.89. The third-order valence-corrected chi connectivity index (χ3v) is 8.64. The van der Waals surface area contributed by atoms with Crippen molar-refractivity contribution in [2.24, 2.45) is 5.92 Å². The van der Waals surface area contributed by atoms with Crippen molar-refractivity contribution in [2.75, 3.05) is 49.5 Å². The van der Waals surface area contributed by atoms with Crippen LogP contribution in [0.2, 0.25) is 0 Å². The molecular weight excluding hydrogens is 614 g/mol. The molecule has 48 heavy (non-hydrogen) atoms. The maximum Gasteiger partial charge on any atom is 0.323 e. The van der Waals surface area contributed by atoms with Gasteiger partial charge in [0, 0.05) is 47.9 Å². The lowest BCUT2D eigenvalue weighted by atomic mass is 10.0. The fraction of sp³-hybridized carbons (Fsp3) is 0.306. The molecule has 3 atom stereocenters. The first-order chi connectivity index (χ1) is 23.2. The van der Waals surface area contributed by atoms with E-state index >= 15 is 0 Å². The maximum absolute atomic E-state index is 13.6. The largest absolute Gasteiger partial charge is 0.488 e. The summed E-state index contributed by atoms with van der Waals surface area (Å²) in [5.74, 6) is 1.26. The van der Waals surface area contributed by atoms with E-state index in [0.29, 0.717) is 46.4 Å². The summed E-state index contributed by atoms with van der Waals surface area (Å²) in [6.45, 7) is 4.20. The van der Waals surface area contributed by atoms with E-state index in [1.165, 1.54) is 4.90 Å². The van der Waals surface area contributed by atoms with Crippen LogP contribution in [0.4, 0.5) is 26.7 Å². The summed E-state index contributed by atoms with van der Waals surface area (Å²) in [6, 6.07) is 22.6. The molecule has 12 heteroatoms. The van der Waals surface area contributed by atoms with Crippen LogP contribution in [0.15, 0.2) is 78.9 Å². The lowest BCUT2D eigenvalue weighted by molar-refractivity contribution is -0.134. The minimum Gasteiger partial charge on any atom is -0.488 e. The van der Waals surface area contributed by atoms with Crippen molar-refractivity contribution in [1.29, 1.82) is 0 Å². The van der Waals surface area contributed by atoms with Gasteiger partial charge in [0.25, 0.3) is 0 Å². The number of ether oxygens (including phenoxy) is 3. The SMILES string of the molecule is C[C@H](CO)N1C[C@H](C)[C@H](CN(C)C(=O)Nc2ccc3c(c2)OCO3)Oc2ccc(NC(=O)Nc3cccc4ccccc34)cc2CC1=O. The Hall–Kier alpha value is -5.49. The summed E-state index contributed by atoms with van der Waals surface area (Å²) >= 11 is 0. The average molecular weight is 654 g/mol. The van der Waals surface area contributed by atoms with Gasteiger partial charge in [0.2, 0.25) is 12.7 Å². The third kappa shape index (κ3) is 7.23. The summed E-state index contributed by atoms with van der Waals surface area (Å²) in [7, 11) is 1.67. The van der Waals surface area contributed by atoms with Crippen LogP contribution in [0.3, 0.4) is 0 Å². The van der Waals surface area contributed by atoms with E-state index in [-0.39, 0.29) is 44.2 Å². The number of hydrogen-bond acceptors (Lipinski definition) is 7. The van der Waals surface area contributed by atoms with Crippen LogP contribution < -0.4 is 30.2 Å². The van der Waals surface area contributed by atoms with Crippen LogP contribution >= 0.6 is 0 Å². The predicted molar refractivity (Wildman–Crippen MR) is 183 cm³/mol. The van der Waals surface area contributed by atoms with Crippen LogP contribution in [0.1, 0.15) is 19.4 Å². The lowest BCUT2D eigenvalue weighted by Crippen LogP contribution is -2.48. The topological polar surface area (TPSA) is 142 Å². The monoisotopic (exact) mass is 653 g/mol. The zero-order valence-corrected chi connectivity index (χ0v) is 27.1. The number of rotatable bonds is 7. The van der Waals surface area contributed by atoms with Crippen LogP contribution in [0.25, 0.3) is 10.8 Å². The van der Waals surface area contributed by atoms with Gasteiger partial charge in [-0.05, 0) is 48.7 Å². The number of nitrogens with one attached hydrogen (secondary N) is 3. The first kappa shape index (κ1) is 32.5. The van der Waals surface area contributed by atoms with Gasteiger partial charge < -0.3 is 45.1 Å². The number of hydrogen-bond donors (Lipinski definition) is 4. The molecule has 0 aromatic heterocycles. The number of likely N-dealkylation sites (N-methyl/N-ethyl adjacent to an activating group) is 1. The summed E-state index contributed by atoms with van der Waals surface area (Å²) in [5, 5.41) is 20.6. The molecule has 2 aliphatic rings. The molecule has 2 heterocycles. The Bertz CT molecular complexity index is 1830. The lowest BCUT2D eigenvalue weighted by Gasteiger charge is -2.34. The van der Waals surface area contributed by atoms with Gasteiger partial charge in [-0.1, -0.05) is 43.3 Å². The average Bonchev–Trinajstić information content (AvgIpc) is 3.56. The normalized spacial score (nSPS) is 17.7. The molecule has 0 aliphatic carbocycles. The fourth-order valence-corrected chi connectivity index (χ4v) is 5.89. The molecule has 12 nitrogen and oxygen atoms in total. The number of nitrogens with zero attached hydrogens (tertiary/aromatic N) is 2. The van der Waals surface area contributed by atoms with Crippen molar-refractivity contribution < 1.29 is 33.7 Å². The molecule has 250 valence electrons. The molecule has 0 saturated carbocycles. The van der Waals surface area contributed by atoms with Gasteiger partial charge in [0.05, 0.1) is 31.3 Å². The Morgan fingerprint density at radius 1 is 0.938 bits per heavy atom. The first-order valence-electron chi connectivity index (χ1n) is 15.9. The standard InChI is InChI=1S/C36H39N5O7/c1-22-18-41(23(2)20-42)34(43)16-25-15-26(37-35(44)39-29-10-6-8-24-7-4-5-9-28(24)29)11-13-30(25)48-33(22)19-40(3)36(45)38-27-12-14-31-32(17-27)47-21-46-31/h4-15,17,22-23,33,42H,16,18-21H2,1-3H3,(H,38,45)(H2,37,39,44)/t22-,23+,33-/m0/s1. The minimum absolute atomic E-state index is 0.0000145. The van der Waals surface area contributed by atoms with Gasteiger partial charge in [0.15, 0.2) is 11.5 Å². The van der Waals surface area contributed by atoms with Crippen molar-refractivity contribution in [2.45, 2.75) is 32.4 Å². The van der Waals surface area contributed by atoms with Crippen LogP contribution in [-0.4, -0.2) is 78.6 Å². The number of anilines is 3. The Kier molecular flexibility index (Phi) is 9.53. The summed E-state index contributed by atoms with van der Waals surface area (Å²) in [4.78, 5) is 43.1. The van der Waals surface area contributed by atoms with Crippen molar-refractivity contribution in [3.05, 3.63) is 84.4 Å². The molecular formula is C36H39N5O7. The number of aliphatic hydroxyl groups excluding tert-OH is 1. The molecule has 4 aromatic rings. The predicted octanol–water partition coefficient (Wildman–Crippen LogP) is 5.53. The van der Waals surface area contributed by atoms with E-state index in [0.717, 1.165) is 10.8 Å². The second kappa shape index (κ2) is 14.1. The summed E-state index contributed by atoms with van der Waals surface area (Å²) in [5.41, 5.74) is 2.28. The van der Waals surface area contributed by atoms with E-state index in [4.69, 9.17) is 14.2 Å². The smallest absolute Gasteiger partial charge is 0.323 e. The summed E-state index contributed by atoms with van der Waals surface area (Å²) in [6.07, 6.45) is -0.510. The van der Waals surface area contributed by atoms with E-state index in [2.05, 4.69) is 16.0 Å². The molecule has 0 fully saturated rings. The highest BCUT2D eigenvalue weighted by atomic mass is 16.7. The molecule has 2 aliphatic heterocycles. The number of amides is 5. The van der Waals surface area contributed by atoms with Gasteiger partial charge >= 0.3 is 12.1 Å². The van der Waals surface area contributed by atoms with E-state index in [1.54, 1.807) is 55.3 Å². The Balaban J connectivity index is 1.20. The Morgan fingerprint density at radius 3 is 2.48 bits per heavy atom. The van der Waals surface area contributed by atoms with E-state index in [9.17, 15) is 19.5 Å². The molecule has 0 radical (unpaired) electrons. The highest BCUT2D eigenvalue weighted by Crippen LogP contribution is 2.34. The molecule has 5 amide bonds. The van der Waals surface area contributed by atoms with Gasteiger partial charge in [-0.3, -0.25) is 4.79 Å². The van der Waals surface area contributed by atoms with Crippen molar-refractivity contribution in [3.8, 4) is 17.2 Å². The molecule has 0 unspecified atom stereocenters. The Labute approximate surface area is 278 Å². The van der Waals surface area contributed by atoms with Crippen LogP contribution in [0, 0.1) is 5.92 Å². The second-order valence-corrected chi connectivity index (χ2v) is 12.2. The van der Waals surface area contributed by atoms with Crippen LogP contribution in [0.5, 0.6) is 17.2 Å². The molecule has 0 saturated heterocycles. The van der Waals surface area contributed by atoms with Crippen molar-refractivity contribution in [3.63, 3.8) is 0 Å². The number of carbonyl (C=O) groups excluding carboxylic acids is 3. The van der Waals surface area contributed by atoms with Crippen molar-refractivity contribution >= 4 is 45.8 Å². The summed E-state index contributed by atoms with van der Waals surface area (Å²) < 4.78 is 17.3. The quantitative estimate of drug-likeness (QED) is 0.206. The number of fused-ring (bicyclic) bond motifs is 3. The second-order valence-electron chi connectivity index (χ2n) is 12.2. The highest BCUT2D eigenvalue weighted by Gasteiger charge is 2.32. The number of urea groups is 2. The Morgan fingerprint density at radius 2 is 1.67 bits per heavy atom. The number of aliphatic hydroxyl groups is 1. The molecule has 4 N–H and O–H groups in total. The van der Waals surface area contributed by atoms with Gasteiger partial charge in [-0.15, -0.1) is 0 Å². The first-order valence-corrected chi connectivity index (χ1v) is 15.9. The van der Waals surface area contributed by atoms with Gasteiger partial charge in [-0.2, -0.15) is 0 Å². The van der Waals surface area contributed by atoms with Gasteiger partial charge in [0.1, 0.15) is 11.9 Å². The molecule has 0 bridgehead atoms. The maximum atomic E-state index is 13.6. The van der Waals surface area contributed by atoms with E-state index in [1.807, 2.05) is 49.4 Å². The zero-order valence-electron chi connectivity index (χ0n) is 27.1. The molecule has 6 rings (SSSR count).